The van der Waals surface area contributed by atoms with Crippen molar-refractivity contribution in [2.24, 2.45) is 0 Å². The number of anilines is 1. The van der Waals surface area contributed by atoms with Gasteiger partial charge in [-0.25, -0.2) is 0 Å². The Morgan fingerprint density at radius 3 is 2.44 bits per heavy atom. The largest absolute Gasteiger partial charge is 0.505 e. The predicted octanol–water partition coefficient (Wildman–Crippen LogP) is -1.72. The maximum atomic E-state index is 8.51. The van der Waals surface area contributed by atoms with E-state index >= 15 is 0 Å². The van der Waals surface area contributed by atoms with Gasteiger partial charge in [0.1, 0.15) is 0 Å². The molecule has 0 aliphatic carbocycles. The first-order valence-electron chi connectivity index (χ1n) is 2.50. The Kier molecular flexibility index (Phi) is 1.46. The molecule has 1 aromatic heterocycles. The van der Waals surface area contributed by atoms with E-state index in [4.69, 9.17) is 15.8 Å². The molecule has 48 valence electrons. The molecule has 0 aliphatic heterocycles. The van der Waals surface area contributed by atoms with Crippen LogP contribution in [0.25, 0.3) is 0 Å². The Morgan fingerprint density at radius 2 is 2.22 bits per heavy atom. The van der Waals surface area contributed by atoms with Gasteiger partial charge in [-0.1, -0.05) is 0 Å². The lowest BCUT2D eigenvalue weighted by molar-refractivity contribution is 0.424. The van der Waals surface area contributed by atoms with Crippen molar-refractivity contribution in [3.05, 3.63) is 12.3 Å². The first-order chi connectivity index (χ1) is 4.20. The monoisotopic (exact) mass is 126 g/mol. The number of H-pyrrole nitrogens is 1. The summed E-state index contributed by atoms with van der Waals surface area (Å²) in [4.78, 5) is 2.58. The highest BCUT2D eigenvalue weighted by atomic mass is 16.4. The molecule has 1 aromatic rings. The number of nitrogens with one attached hydrogen (secondary N) is 1. The average Bonchev–Trinajstić information content (AvgIpc) is 2.14. The number of rotatable bonds is 1. The van der Waals surface area contributed by atoms with E-state index < -0.39 is 7.12 Å². The topological polar surface area (TPSA) is 82.3 Å². The van der Waals surface area contributed by atoms with Gasteiger partial charge in [-0.05, 0) is 6.07 Å². The lowest BCUT2D eigenvalue weighted by Gasteiger charge is -1.88. The fourth-order valence-corrected chi connectivity index (χ4v) is 0.579. The van der Waals surface area contributed by atoms with E-state index in [1.54, 1.807) is 0 Å². The SMILES string of the molecule is Nc1c[nH]c(B(O)O)c1. The van der Waals surface area contributed by atoms with Crippen LogP contribution in [-0.2, 0) is 0 Å². The highest BCUT2D eigenvalue weighted by Crippen LogP contribution is 1.93. The Labute approximate surface area is 52.5 Å². The Bertz CT molecular complexity index is 198. The summed E-state index contributed by atoms with van der Waals surface area (Å²) in [6.45, 7) is 0. The van der Waals surface area contributed by atoms with Gasteiger partial charge in [-0.3, -0.25) is 0 Å². The van der Waals surface area contributed by atoms with Crippen molar-refractivity contribution in [3.8, 4) is 0 Å². The molecule has 0 aromatic carbocycles. The molecule has 4 nitrogen and oxygen atoms in total. The van der Waals surface area contributed by atoms with Crippen LogP contribution >= 0.6 is 0 Å². The molecular formula is C4H7BN2O2. The predicted molar refractivity (Wildman–Crippen MR) is 35.0 cm³/mol. The molecule has 0 amide bonds. The van der Waals surface area contributed by atoms with Gasteiger partial charge in [0.05, 0.1) is 0 Å². The van der Waals surface area contributed by atoms with Gasteiger partial charge in [-0.15, -0.1) is 0 Å². The van der Waals surface area contributed by atoms with Crippen LogP contribution in [0.1, 0.15) is 0 Å². The second kappa shape index (κ2) is 2.12. The molecule has 0 bridgehead atoms. The zero-order valence-electron chi connectivity index (χ0n) is 4.70. The van der Waals surface area contributed by atoms with Gasteiger partial charge < -0.3 is 20.8 Å². The maximum absolute atomic E-state index is 8.51. The molecule has 0 radical (unpaired) electrons. The Hall–Kier alpha value is -0.935. The Balaban J connectivity index is 2.85. The molecule has 0 spiro atoms. The second-order valence-corrected chi connectivity index (χ2v) is 1.76. The molecule has 5 heteroatoms. The van der Waals surface area contributed by atoms with Crippen LogP contribution in [0.4, 0.5) is 5.69 Å². The van der Waals surface area contributed by atoms with Gasteiger partial charge >= 0.3 is 7.12 Å². The molecule has 5 N–H and O–H groups in total. The normalized spacial score (nSPS) is 9.56. The van der Waals surface area contributed by atoms with Crippen molar-refractivity contribution >= 4 is 18.4 Å². The Morgan fingerprint density at radius 1 is 1.56 bits per heavy atom. The smallest absolute Gasteiger partial charge is 0.422 e. The lowest BCUT2D eigenvalue weighted by atomic mass is 9.87. The van der Waals surface area contributed by atoms with E-state index in [-0.39, 0.29) is 0 Å². The van der Waals surface area contributed by atoms with Gasteiger partial charge in [0.15, 0.2) is 0 Å². The third kappa shape index (κ3) is 1.25. The molecule has 1 rings (SSSR count). The standard InChI is InChI=1S/C4H7BN2O2/c6-3-1-4(5(8)9)7-2-3/h1-2,7-9H,6H2. The van der Waals surface area contributed by atoms with Crippen LogP contribution in [0.5, 0.6) is 0 Å². The molecule has 0 atom stereocenters. The van der Waals surface area contributed by atoms with Crippen LogP contribution in [-0.4, -0.2) is 22.2 Å². The molecule has 9 heavy (non-hydrogen) atoms. The molecule has 0 aliphatic rings. The summed E-state index contributed by atoms with van der Waals surface area (Å²) in [5, 5.41) is 17.0. The summed E-state index contributed by atoms with van der Waals surface area (Å²) >= 11 is 0. The first kappa shape index (κ1) is 6.19. The van der Waals surface area contributed by atoms with E-state index in [1.165, 1.54) is 12.3 Å². The summed E-state index contributed by atoms with van der Waals surface area (Å²) in [6.07, 6.45) is 1.49. The summed E-state index contributed by atoms with van der Waals surface area (Å²) in [6, 6.07) is 1.46. The molecule has 0 fully saturated rings. The van der Waals surface area contributed by atoms with Crippen LogP contribution in [0.15, 0.2) is 12.3 Å². The minimum atomic E-state index is -1.46. The van der Waals surface area contributed by atoms with Gasteiger partial charge in [0.2, 0.25) is 0 Å². The number of nitrogen functional groups attached to an aromatic ring is 1. The molecule has 0 saturated heterocycles. The number of aromatic nitrogens is 1. The molecule has 0 saturated carbocycles. The van der Waals surface area contributed by atoms with Gasteiger partial charge in [0.25, 0.3) is 0 Å². The van der Waals surface area contributed by atoms with E-state index in [9.17, 15) is 0 Å². The third-order valence-electron chi connectivity index (χ3n) is 1.01. The van der Waals surface area contributed by atoms with Crippen molar-refractivity contribution < 1.29 is 10.0 Å². The van der Waals surface area contributed by atoms with Crippen molar-refractivity contribution in [1.29, 1.82) is 0 Å². The molecular weight excluding hydrogens is 119 g/mol. The van der Waals surface area contributed by atoms with Crippen LogP contribution in [0.3, 0.4) is 0 Å². The minimum Gasteiger partial charge on any atom is -0.422 e. The quantitative estimate of drug-likeness (QED) is 0.337. The number of hydrogen-bond acceptors (Lipinski definition) is 3. The molecule has 1 heterocycles. The highest BCUT2D eigenvalue weighted by molar-refractivity contribution is 6.57. The van der Waals surface area contributed by atoms with Crippen molar-refractivity contribution in [3.63, 3.8) is 0 Å². The van der Waals surface area contributed by atoms with E-state index in [2.05, 4.69) is 4.98 Å². The second-order valence-electron chi connectivity index (χ2n) is 1.76. The average molecular weight is 126 g/mol. The van der Waals surface area contributed by atoms with Crippen LogP contribution in [0.2, 0.25) is 0 Å². The number of aromatic amines is 1. The van der Waals surface area contributed by atoms with Crippen molar-refractivity contribution in [1.82, 2.24) is 4.98 Å². The van der Waals surface area contributed by atoms with E-state index in [0.717, 1.165) is 0 Å². The van der Waals surface area contributed by atoms with Crippen molar-refractivity contribution in [2.75, 3.05) is 5.73 Å². The lowest BCUT2D eigenvalue weighted by Crippen LogP contribution is -2.30. The first-order valence-corrected chi connectivity index (χ1v) is 2.50. The maximum Gasteiger partial charge on any atom is 0.505 e. The summed E-state index contributed by atoms with van der Waals surface area (Å²) in [7, 11) is -1.46. The van der Waals surface area contributed by atoms with Crippen molar-refractivity contribution in [2.45, 2.75) is 0 Å². The number of hydrogen-bond donors (Lipinski definition) is 4. The summed E-state index contributed by atoms with van der Waals surface area (Å²) in [5.74, 6) is 0. The van der Waals surface area contributed by atoms with Gasteiger partial charge in [-0.2, -0.15) is 0 Å². The fourth-order valence-electron chi connectivity index (χ4n) is 0.579. The third-order valence-corrected chi connectivity index (χ3v) is 1.01. The number of nitrogens with two attached hydrogens (primary N) is 1. The van der Waals surface area contributed by atoms with Gasteiger partial charge in [0, 0.05) is 17.5 Å². The van der Waals surface area contributed by atoms with E-state index in [1.807, 2.05) is 0 Å². The minimum absolute atomic E-state index is 0.313. The van der Waals surface area contributed by atoms with Crippen LogP contribution < -0.4 is 11.3 Å². The van der Waals surface area contributed by atoms with E-state index in [0.29, 0.717) is 11.3 Å². The highest BCUT2D eigenvalue weighted by Gasteiger charge is 2.11. The summed E-state index contributed by atoms with van der Waals surface area (Å²) in [5.41, 5.74) is 6.07. The van der Waals surface area contributed by atoms with Crippen LogP contribution in [0, 0.1) is 0 Å². The zero-order valence-corrected chi connectivity index (χ0v) is 4.70. The zero-order chi connectivity index (χ0) is 6.85. The summed E-state index contributed by atoms with van der Waals surface area (Å²) < 4.78 is 0. The fraction of sp³-hybridized carbons (Fsp3) is 0. The molecule has 0 unspecified atom stereocenters.